The molecule has 0 aliphatic carbocycles. The van der Waals surface area contributed by atoms with E-state index in [4.69, 9.17) is 5.11 Å². The van der Waals surface area contributed by atoms with Gasteiger partial charge in [0.15, 0.2) is 0 Å². The molecular weight excluding hydrogens is 206 g/mol. The van der Waals surface area contributed by atoms with Gasteiger partial charge in [-0.05, 0) is 26.7 Å². The zero-order valence-corrected chi connectivity index (χ0v) is 10.5. The van der Waals surface area contributed by atoms with E-state index in [-0.39, 0.29) is 5.91 Å². The van der Waals surface area contributed by atoms with Crippen LogP contribution in [0.1, 0.15) is 47.0 Å². The van der Waals surface area contributed by atoms with E-state index in [0.29, 0.717) is 18.4 Å². The van der Waals surface area contributed by atoms with Crippen LogP contribution in [0.25, 0.3) is 0 Å². The zero-order valence-electron chi connectivity index (χ0n) is 10.5. The summed E-state index contributed by atoms with van der Waals surface area (Å²) >= 11 is 0. The molecule has 4 heteroatoms. The number of rotatable bonds is 6. The number of allylic oxidation sites excluding steroid dienone is 1. The van der Waals surface area contributed by atoms with Crippen LogP contribution < -0.4 is 5.32 Å². The lowest BCUT2D eigenvalue weighted by Gasteiger charge is -2.25. The molecule has 0 aliphatic rings. The number of amides is 1. The Morgan fingerprint density at radius 1 is 1.38 bits per heavy atom. The number of carboxylic acid groups (broad SMARTS) is 1. The third-order valence-corrected chi connectivity index (χ3v) is 2.48. The second-order valence-corrected chi connectivity index (χ2v) is 4.14. The molecule has 0 bridgehead atoms. The molecule has 0 heterocycles. The van der Waals surface area contributed by atoms with E-state index in [1.807, 2.05) is 13.8 Å². The molecule has 0 aromatic heterocycles. The summed E-state index contributed by atoms with van der Waals surface area (Å²) in [6, 6.07) is 0. The van der Waals surface area contributed by atoms with Crippen LogP contribution in [-0.2, 0) is 9.59 Å². The predicted molar refractivity (Wildman–Crippen MR) is 63.1 cm³/mol. The first-order valence-electron chi connectivity index (χ1n) is 5.60. The van der Waals surface area contributed by atoms with E-state index in [1.165, 1.54) is 6.92 Å². The predicted octanol–water partition coefficient (Wildman–Crippen LogP) is 2.10. The van der Waals surface area contributed by atoms with Gasteiger partial charge in [0.1, 0.15) is 5.54 Å². The Bertz CT molecular complexity index is 297. The Hall–Kier alpha value is -1.32. The van der Waals surface area contributed by atoms with Crippen molar-refractivity contribution in [2.45, 2.75) is 52.5 Å². The van der Waals surface area contributed by atoms with E-state index >= 15 is 0 Å². The van der Waals surface area contributed by atoms with Crippen LogP contribution in [0.2, 0.25) is 0 Å². The molecular formula is C12H21NO3. The molecule has 16 heavy (non-hydrogen) atoms. The zero-order chi connectivity index (χ0) is 12.8. The highest BCUT2D eigenvalue weighted by atomic mass is 16.4. The van der Waals surface area contributed by atoms with Crippen molar-refractivity contribution in [3.05, 3.63) is 11.6 Å². The van der Waals surface area contributed by atoms with Crippen LogP contribution in [-0.4, -0.2) is 22.5 Å². The van der Waals surface area contributed by atoms with Gasteiger partial charge in [-0.1, -0.05) is 26.3 Å². The first kappa shape index (κ1) is 14.7. The molecule has 4 nitrogen and oxygen atoms in total. The molecule has 0 aliphatic heterocycles. The molecule has 1 unspecified atom stereocenters. The van der Waals surface area contributed by atoms with Gasteiger partial charge in [-0.2, -0.15) is 0 Å². The van der Waals surface area contributed by atoms with Crippen molar-refractivity contribution < 1.29 is 14.7 Å². The van der Waals surface area contributed by atoms with Crippen LogP contribution >= 0.6 is 0 Å². The Morgan fingerprint density at radius 3 is 2.31 bits per heavy atom. The first-order valence-corrected chi connectivity index (χ1v) is 5.60. The number of aliphatic carboxylic acids is 1. The lowest BCUT2D eigenvalue weighted by Crippen LogP contribution is -2.52. The number of hydrogen-bond donors (Lipinski definition) is 2. The van der Waals surface area contributed by atoms with Crippen LogP contribution in [0, 0.1) is 0 Å². The monoisotopic (exact) mass is 227 g/mol. The number of carbonyl (C=O) groups excluding carboxylic acids is 1. The Kier molecular flexibility index (Phi) is 5.78. The SMILES string of the molecule is CC/C=C(\C)C(=O)NC(C)(CCC)C(=O)O. The number of carboxylic acids is 1. The maximum absolute atomic E-state index is 11.7. The Morgan fingerprint density at radius 2 is 1.94 bits per heavy atom. The quantitative estimate of drug-likeness (QED) is 0.683. The van der Waals surface area contributed by atoms with Crippen molar-refractivity contribution in [2.75, 3.05) is 0 Å². The number of carbonyl (C=O) groups is 2. The van der Waals surface area contributed by atoms with E-state index in [0.717, 1.165) is 6.42 Å². The Labute approximate surface area is 96.7 Å². The highest BCUT2D eigenvalue weighted by Gasteiger charge is 2.33. The third-order valence-electron chi connectivity index (χ3n) is 2.48. The number of nitrogens with one attached hydrogen (secondary N) is 1. The second-order valence-electron chi connectivity index (χ2n) is 4.14. The maximum atomic E-state index is 11.7. The summed E-state index contributed by atoms with van der Waals surface area (Å²) in [5.74, 6) is -1.30. The highest BCUT2D eigenvalue weighted by molar-refractivity contribution is 5.96. The fraction of sp³-hybridized carbons (Fsp3) is 0.667. The third kappa shape index (κ3) is 4.04. The molecule has 92 valence electrons. The normalized spacial score (nSPS) is 15.4. The first-order chi connectivity index (χ1) is 7.37. The van der Waals surface area contributed by atoms with E-state index < -0.39 is 11.5 Å². The van der Waals surface area contributed by atoms with Crippen LogP contribution in [0.5, 0.6) is 0 Å². The summed E-state index contributed by atoms with van der Waals surface area (Å²) in [7, 11) is 0. The second kappa shape index (κ2) is 6.30. The van der Waals surface area contributed by atoms with Gasteiger partial charge in [-0.15, -0.1) is 0 Å². The minimum atomic E-state index is -1.17. The fourth-order valence-electron chi connectivity index (χ4n) is 1.47. The molecule has 0 saturated heterocycles. The van der Waals surface area contributed by atoms with Crippen molar-refractivity contribution in [1.29, 1.82) is 0 Å². The standard InChI is InChI=1S/C12H21NO3/c1-5-7-9(3)10(14)13-12(4,8-6-2)11(15)16/h7H,5-6,8H2,1-4H3,(H,13,14)(H,15,16)/b9-7+. The summed E-state index contributed by atoms with van der Waals surface area (Å²) < 4.78 is 0. The average molecular weight is 227 g/mol. The molecule has 0 rings (SSSR count). The van der Waals surface area contributed by atoms with Gasteiger partial charge in [0.05, 0.1) is 0 Å². The lowest BCUT2D eigenvalue weighted by atomic mass is 9.96. The summed E-state index contributed by atoms with van der Waals surface area (Å²) in [5, 5.41) is 11.7. The van der Waals surface area contributed by atoms with Gasteiger partial charge in [0, 0.05) is 5.57 Å². The van der Waals surface area contributed by atoms with E-state index in [9.17, 15) is 9.59 Å². The molecule has 0 spiro atoms. The fourth-order valence-corrected chi connectivity index (χ4v) is 1.47. The summed E-state index contributed by atoms with van der Waals surface area (Å²) in [4.78, 5) is 22.8. The number of hydrogen-bond acceptors (Lipinski definition) is 2. The molecule has 0 radical (unpaired) electrons. The molecule has 1 atom stereocenters. The molecule has 2 N–H and O–H groups in total. The minimum absolute atomic E-state index is 0.305. The van der Waals surface area contributed by atoms with Gasteiger partial charge in [-0.25, -0.2) is 4.79 Å². The van der Waals surface area contributed by atoms with Crippen molar-refractivity contribution >= 4 is 11.9 Å². The van der Waals surface area contributed by atoms with Crippen LogP contribution in [0.15, 0.2) is 11.6 Å². The van der Waals surface area contributed by atoms with Crippen LogP contribution in [0.4, 0.5) is 0 Å². The maximum Gasteiger partial charge on any atom is 0.329 e. The van der Waals surface area contributed by atoms with Crippen molar-refractivity contribution in [1.82, 2.24) is 5.32 Å². The van der Waals surface area contributed by atoms with Gasteiger partial charge in [0.2, 0.25) is 5.91 Å². The molecule has 0 fully saturated rings. The Balaban J connectivity index is 4.71. The van der Waals surface area contributed by atoms with Gasteiger partial charge >= 0.3 is 5.97 Å². The van der Waals surface area contributed by atoms with Gasteiger partial charge in [-0.3, -0.25) is 4.79 Å². The van der Waals surface area contributed by atoms with E-state index in [2.05, 4.69) is 5.32 Å². The molecule has 0 saturated carbocycles. The highest BCUT2D eigenvalue weighted by Crippen LogP contribution is 2.13. The smallest absolute Gasteiger partial charge is 0.329 e. The van der Waals surface area contributed by atoms with E-state index in [1.54, 1.807) is 13.0 Å². The van der Waals surface area contributed by atoms with Crippen LogP contribution in [0.3, 0.4) is 0 Å². The summed E-state index contributed by atoms with van der Waals surface area (Å²) in [6.45, 7) is 7.05. The molecule has 0 aromatic carbocycles. The van der Waals surface area contributed by atoms with Crippen molar-refractivity contribution in [2.24, 2.45) is 0 Å². The topological polar surface area (TPSA) is 66.4 Å². The van der Waals surface area contributed by atoms with Gasteiger partial charge < -0.3 is 10.4 Å². The molecule has 1 amide bonds. The largest absolute Gasteiger partial charge is 0.480 e. The van der Waals surface area contributed by atoms with Crippen molar-refractivity contribution in [3.63, 3.8) is 0 Å². The van der Waals surface area contributed by atoms with Gasteiger partial charge in [0.25, 0.3) is 0 Å². The summed E-state index contributed by atoms with van der Waals surface area (Å²) in [5.41, 5.74) is -0.611. The lowest BCUT2D eigenvalue weighted by molar-refractivity contribution is -0.146. The average Bonchev–Trinajstić information content (AvgIpc) is 2.18. The minimum Gasteiger partial charge on any atom is -0.480 e. The summed E-state index contributed by atoms with van der Waals surface area (Å²) in [6.07, 6.45) is 3.67. The molecule has 0 aromatic rings. The van der Waals surface area contributed by atoms with Crippen molar-refractivity contribution in [3.8, 4) is 0 Å².